The van der Waals surface area contributed by atoms with E-state index in [9.17, 15) is 9.59 Å². The number of ether oxygens (including phenoxy) is 1. The number of carbonyl (C=O) groups is 1. The summed E-state index contributed by atoms with van der Waals surface area (Å²) in [6.07, 6.45) is 8.75. The molecule has 222 valence electrons. The van der Waals surface area contributed by atoms with Gasteiger partial charge >= 0.3 is 6.03 Å². The van der Waals surface area contributed by atoms with E-state index in [0.29, 0.717) is 32.1 Å². The van der Waals surface area contributed by atoms with Crippen molar-refractivity contribution in [2.75, 3.05) is 33.8 Å². The molecule has 3 fully saturated rings. The van der Waals surface area contributed by atoms with E-state index in [4.69, 9.17) is 4.74 Å². The summed E-state index contributed by atoms with van der Waals surface area (Å²) in [5.74, 6) is 0. The molecule has 42 heavy (non-hydrogen) atoms. The Morgan fingerprint density at radius 3 is 2.33 bits per heavy atom. The van der Waals surface area contributed by atoms with Crippen LogP contribution in [0, 0.1) is 5.41 Å². The molecular formula is C35H44N4O3. The third-order valence-electron chi connectivity index (χ3n) is 10.4. The molecule has 1 spiro atoms. The quantitative estimate of drug-likeness (QED) is 0.414. The summed E-state index contributed by atoms with van der Waals surface area (Å²) in [6.45, 7) is 2.54. The number of nitrogens with one attached hydrogen (secondary N) is 1. The van der Waals surface area contributed by atoms with Gasteiger partial charge in [0.1, 0.15) is 0 Å². The van der Waals surface area contributed by atoms with Gasteiger partial charge in [-0.3, -0.25) is 4.79 Å². The highest BCUT2D eigenvalue weighted by atomic mass is 16.5. The van der Waals surface area contributed by atoms with Crippen molar-refractivity contribution in [1.29, 1.82) is 0 Å². The molecule has 1 aliphatic carbocycles. The number of urea groups is 1. The van der Waals surface area contributed by atoms with Gasteiger partial charge in [0.15, 0.2) is 0 Å². The van der Waals surface area contributed by atoms with Crippen LogP contribution in [0.1, 0.15) is 56.6 Å². The SMILES string of the molecule is CN[C@@H]1CCN(C(=O)N2CC[C@](Cn3ccc(-c4ccccc4)cc3=O)(OC)C3(CCCC3)C2)[C@H](c2ccccc2)C1. The molecule has 2 saturated heterocycles. The minimum atomic E-state index is -0.504. The van der Waals surface area contributed by atoms with E-state index < -0.39 is 5.60 Å². The number of likely N-dealkylation sites (tertiary alicyclic amines) is 2. The van der Waals surface area contributed by atoms with Crippen LogP contribution in [0.5, 0.6) is 0 Å². The van der Waals surface area contributed by atoms with Crippen LogP contribution in [-0.4, -0.2) is 65.8 Å². The lowest BCUT2D eigenvalue weighted by Crippen LogP contribution is -2.64. The molecule has 1 saturated carbocycles. The summed E-state index contributed by atoms with van der Waals surface area (Å²) in [6, 6.07) is 24.8. The first-order valence-corrected chi connectivity index (χ1v) is 15.6. The number of piperidine rings is 2. The Morgan fingerprint density at radius 2 is 1.67 bits per heavy atom. The summed E-state index contributed by atoms with van der Waals surface area (Å²) in [4.78, 5) is 31.9. The van der Waals surface area contributed by atoms with Gasteiger partial charge in [-0.25, -0.2) is 4.79 Å². The lowest BCUT2D eigenvalue weighted by Gasteiger charge is -2.55. The Kier molecular flexibility index (Phi) is 8.24. The number of hydrogen-bond donors (Lipinski definition) is 1. The highest BCUT2D eigenvalue weighted by Crippen LogP contribution is 2.53. The van der Waals surface area contributed by atoms with Crippen LogP contribution in [0.2, 0.25) is 0 Å². The van der Waals surface area contributed by atoms with E-state index >= 15 is 0 Å². The van der Waals surface area contributed by atoms with Crippen LogP contribution in [0.25, 0.3) is 11.1 Å². The summed E-state index contributed by atoms with van der Waals surface area (Å²) >= 11 is 0. The molecule has 0 radical (unpaired) electrons. The Bertz CT molecular complexity index is 1420. The topological polar surface area (TPSA) is 66.8 Å². The maximum atomic E-state index is 14.3. The molecule has 7 nitrogen and oxygen atoms in total. The second-order valence-corrected chi connectivity index (χ2v) is 12.5. The molecule has 3 aliphatic rings. The van der Waals surface area contributed by atoms with E-state index in [1.807, 2.05) is 60.3 Å². The molecule has 2 aromatic carbocycles. The van der Waals surface area contributed by atoms with Crippen molar-refractivity contribution in [3.8, 4) is 11.1 Å². The van der Waals surface area contributed by atoms with Gasteiger partial charge in [-0.05, 0) is 61.9 Å². The molecule has 3 aromatic rings. The average molecular weight is 569 g/mol. The smallest absolute Gasteiger partial charge is 0.320 e. The molecule has 0 unspecified atom stereocenters. The monoisotopic (exact) mass is 568 g/mol. The lowest BCUT2D eigenvalue weighted by atomic mass is 9.65. The Morgan fingerprint density at radius 1 is 0.952 bits per heavy atom. The van der Waals surface area contributed by atoms with Crippen molar-refractivity contribution in [1.82, 2.24) is 19.7 Å². The fraction of sp³-hybridized carbons (Fsp3) is 0.486. The summed E-state index contributed by atoms with van der Waals surface area (Å²) in [5, 5.41) is 3.45. The van der Waals surface area contributed by atoms with Gasteiger partial charge in [-0.1, -0.05) is 73.5 Å². The Hall–Kier alpha value is -3.42. The number of carbonyl (C=O) groups excluding carboxylic acids is 1. The van der Waals surface area contributed by atoms with Crippen molar-refractivity contribution < 1.29 is 9.53 Å². The number of pyridine rings is 1. The van der Waals surface area contributed by atoms with Gasteiger partial charge < -0.3 is 24.4 Å². The van der Waals surface area contributed by atoms with Crippen molar-refractivity contribution >= 4 is 6.03 Å². The van der Waals surface area contributed by atoms with E-state index in [0.717, 1.165) is 56.2 Å². The minimum Gasteiger partial charge on any atom is -0.376 e. The second kappa shape index (κ2) is 12.1. The van der Waals surface area contributed by atoms with Crippen LogP contribution < -0.4 is 10.9 Å². The molecule has 7 heteroatoms. The van der Waals surface area contributed by atoms with Crippen LogP contribution in [0.15, 0.2) is 83.8 Å². The van der Waals surface area contributed by atoms with Gasteiger partial charge in [0, 0.05) is 50.5 Å². The second-order valence-electron chi connectivity index (χ2n) is 12.5. The molecule has 0 bridgehead atoms. The van der Waals surface area contributed by atoms with Gasteiger partial charge in [0.2, 0.25) is 0 Å². The van der Waals surface area contributed by atoms with E-state index in [1.165, 1.54) is 5.56 Å². The van der Waals surface area contributed by atoms with Crippen molar-refractivity contribution in [2.45, 2.75) is 69.2 Å². The number of aromatic nitrogens is 1. The van der Waals surface area contributed by atoms with Crippen LogP contribution in [0.4, 0.5) is 4.79 Å². The first-order chi connectivity index (χ1) is 20.5. The first kappa shape index (κ1) is 28.7. The number of amides is 2. The summed E-state index contributed by atoms with van der Waals surface area (Å²) < 4.78 is 8.28. The van der Waals surface area contributed by atoms with Crippen LogP contribution >= 0.6 is 0 Å². The fourth-order valence-electron chi connectivity index (χ4n) is 7.98. The Labute approximate surface area is 249 Å². The maximum Gasteiger partial charge on any atom is 0.320 e. The van der Waals surface area contributed by atoms with Gasteiger partial charge in [0.25, 0.3) is 5.56 Å². The van der Waals surface area contributed by atoms with Gasteiger partial charge in [-0.15, -0.1) is 0 Å². The molecule has 1 N–H and O–H groups in total. The average Bonchev–Trinajstić information content (AvgIpc) is 3.52. The Balaban J connectivity index is 1.25. The zero-order chi connectivity index (χ0) is 29.2. The van der Waals surface area contributed by atoms with Gasteiger partial charge in [-0.2, -0.15) is 0 Å². The predicted octanol–water partition coefficient (Wildman–Crippen LogP) is 5.71. The highest BCUT2D eigenvalue weighted by Gasteiger charge is 2.57. The van der Waals surface area contributed by atoms with Gasteiger partial charge in [0.05, 0.1) is 18.2 Å². The lowest BCUT2D eigenvalue weighted by molar-refractivity contribution is -0.159. The molecule has 6 rings (SSSR count). The molecular weight excluding hydrogens is 524 g/mol. The number of methoxy groups -OCH3 is 1. The predicted molar refractivity (Wildman–Crippen MR) is 166 cm³/mol. The van der Waals surface area contributed by atoms with Crippen LogP contribution in [0.3, 0.4) is 0 Å². The van der Waals surface area contributed by atoms with Crippen molar-refractivity contribution in [3.63, 3.8) is 0 Å². The van der Waals surface area contributed by atoms with Crippen molar-refractivity contribution in [3.05, 3.63) is 94.9 Å². The summed E-state index contributed by atoms with van der Waals surface area (Å²) in [5.41, 5.74) is 2.46. The van der Waals surface area contributed by atoms with Crippen molar-refractivity contribution in [2.24, 2.45) is 5.41 Å². The van der Waals surface area contributed by atoms with E-state index in [1.54, 1.807) is 13.2 Å². The molecule has 2 aliphatic heterocycles. The first-order valence-electron chi connectivity index (χ1n) is 15.6. The maximum absolute atomic E-state index is 14.3. The zero-order valence-electron chi connectivity index (χ0n) is 25.0. The zero-order valence-corrected chi connectivity index (χ0v) is 25.0. The molecule has 1 aromatic heterocycles. The molecule has 3 heterocycles. The van der Waals surface area contributed by atoms with Crippen LogP contribution in [-0.2, 0) is 11.3 Å². The largest absolute Gasteiger partial charge is 0.376 e. The number of rotatable bonds is 6. The third-order valence-corrected chi connectivity index (χ3v) is 10.4. The fourth-order valence-corrected chi connectivity index (χ4v) is 7.98. The summed E-state index contributed by atoms with van der Waals surface area (Å²) in [7, 11) is 3.82. The normalized spacial score (nSPS) is 25.6. The third kappa shape index (κ3) is 5.29. The standard InChI is InChI=1S/C35H44N4O3/c1-36-30-16-21-39(31(24-30)28-13-7-4-8-14-28)33(41)38-22-19-35(42-2,34(25-38)17-9-10-18-34)26-37-20-15-29(23-32(37)40)27-11-5-3-6-12-27/h3-8,11-15,20,23,30-31,36H,9-10,16-19,21-22,24-26H2,1-2H3/t30-,31+,35-/m1/s1. The molecule has 3 atom stereocenters. The highest BCUT2D eigenvalue weighted by molar-refractivity contribution is 5.75. The van der Waals surface area contributed by atoms with E-state index in [2.05, 4.69) is 39.4 Å². The number of benzene rings is 2. The molecule has 2 amide bonds. The number of nitrogens with zero attached hydrogens (tertiary/aromatic N) is 3. The number of hydrogen-bond acceptors (Lipinski definition) is 4. The minimum absolute atomic E-state index is 0.0162. The van der Waals surface area contributed by atoms with E-state index in [-0.39, 0.29) is 23.0 Å².